The van der Waals surface area contributed by atoms with Crippen LogP contribution >= 0.6 is 47.0 Å². The number of hydrogen-bond acceptors (Lipinski definition) is 3. The Bertz CT molecular complexity index is 884. The third-order valence-electron chi connectivity index (χ3n) is 3.78. The van der Waals surface area contributed by atoms with Crippen molar-refractivity contribution in [2.45, 2.75) is 23.3 Å². The summed E-state index contributed by atoms with van der Waals surface area (Å²) in [7, 11) is 0. The maximum atomic E-state index is 12.3. The monoisotopic (exact) mass is 473 g/mol. The molecule has 2 aromatic rings. The van der Waals surface area contributed by atoms with Gasteiger partial charge in [-0.3, -0.25) is 4.79 Å². The standard InChI is InChI=1S/C19H18Cl3N3O3S/c1-11-2-4-12(5-3-11)10-15(26)24-17(19(20,21)22)25-18(29)23-14-8-6-13(7-9-14)16(27)28/h2-9,17H,10H2,1H3,(H,24,26)(H,27,28)(H2,23,25,29). The lowest BCUT2D eigenvalue weighted by atomic mass is 10.1. The summed E-state index contributed by atoms with van der Waals surface area (Å²) in [4.78, 5) is 23.2. The number of aromatic carboxylic acids is 1. The molecule has 0 spiro atoms. The number of hydrogen-bond donors (Lipinski definition) is 4. The van der Waals surface area contributed by atoms with Crippen molar-refractivity contribution < 1.29 is 14.7 Å². The predicted molar refractivity (Wildman–Crippen MR) is 120 cm³/mol. The molecule has 10 heteroatoms. The van der Waals surface area contributed by atoms with Crippen LogP contribution in [0.25, 0.3) is 0 Å². The molecule has 0 aromatic heterocycles. The van der Waals surface area contributed by atoms with Gasteiger partial charge in [-0.15, -0.1) is 0 Å². The van der Waals surface area contributed by atoms with Gasteiger partial charge in [-0.2, -0.15) is 0 Å². The first-order chi connectivity index (χ1) is 13.5. The van der Waals surface area contributed by atoms with Crippen LogP contribution in [-0.2, 0) is 11.2 Å². The molecule has 0 heterocycles. The second kappa shape index (κ2) is 10.1. The summed E-state index contributed by atoms with van der Waals surface area (Å²) in [6.45, 7) is 1.95. The van der Waals surface area contributed by atoms with Crippen LogP contribution in [0.4, 0.5) is 5.69 Å². The molecule has 0 aliphatic rings. The fourth-order valence-corrected chi connectivity index (χ4v) is 2.86. The second-order valence-corrected chi connectivity index (χ2v) is 8.96. The van der Waals surface area contributed by atoms with Gasteiger partial charge in [0.05, 0.1) is 12.0 Å². The molecule has 154 valence electrons. The van der Waals surface area contributed by atoms with Crippen molar-refractivity contribution in [1.82, 2.24) is 10.6 Å². The number of carboxylic acids is 1. The highest BCUT2D eigenvalue weighted by Gasteiger charge is 2.34. The Hall–Kier alpha value is -2.06. The summed E-state index contributed by atoms with van der Waals surface area (Å²) in [5, 5.41) is 17.2. The minimum Gasteiger partial charge on any atom is -0.478 e. The number of nitrogens with one attached hydrogen (secondary N) is 3. The average molecular weight is 475 g/mol. The van der Waals surface area contributed by atoms with Crippen molar-refractivity contribution in [1.29, 1.82) is 0 Å². The Morgan fingerprint density at radius 3 is 2.14 bits per heavy atom. The van der Waals surface area contributed by atoms with Crippen molar-refractivity contribution in [2.24, 2.45) is 0 Å². The first-order valence-electron chi connectivity index (χ1n) is 8.37. The molecule has 2 aromatic carbocycles. The molecule has 0 aliphatic carbocycles. The summed E-state index contributed by atoms with van der Waals surface area (Å²) in [6, 6.07) is 13.4. The summed E-state index contributed by atoms with van der Waals surface area (Å²) in [6.07, 6.45) is -0.987. The fourth-order valence-electron chi connectivity index (χ4n) is 2.30. The fraction of sp³-hybridized carbons (Fsp3) is 0.211. The Kier molecular flexibility index (Phi) is 8.10. The maximum absolute atomic E-state index is 12.3. The van der Waals surface area contributed by atoms with Crippen molar-refractivity contribution in [3.63, 3.8) is 0 Å². The molecule has 0 saturated carbocycles. The first-order valence-corrected chi connectivity index (χ1v) is 9.91. The quantitative estimate of drug-likeness (QED) is 0.287. The second-order valence-electron chi connectivity index (χ2n) is 6.19. The highest BCUT2D eigenvalue weighted by molar-refractivity contribution is 7.80. The van der Waals surface area contributed by atoms with Crippen molar-refractivity contribution in [2.75, 3.05) is 5.32 Å². The molecule has 1 unspecified atom stereocenters. The number of benzene rings is 2. The molecular formula is C19H18Cl3N3O3S. The highest BCUT2D eigenvalue weighted by Crippen LogP contribution is 2.29. The zero-order valence-corrected chi connectivity index (χ0v) is 18.3. The van der Waals surface area contributed by atoms with Crippen LogP contribution in [0.1, 0.15) is 21.5 Å². The molecule has 0 fully saturated rings. The number of aryl methyl sites for hydroxylation is 1. The summed E-state index contributed by atoms with van der Waals surface area (Å²) in [5.74, 6) is -1.39. The number of amides is 1. The highest BCUT2D eigenvalue weighted by atomic mass is 35.6. The van der Waals surface area contributed by atoms with E-state index in [-0.39, 0.29) is 23.0 Å². The van der Waals surface area contributed by atoms with E-state index in [2.05, 4.69) is 16.0 Å². The van der Waals surface area contributed by atoms with E-state index in [0.717, 1.165) is 11.1 Å². The Morgan fingerprint density at radius 2 is 1.62 bits per heavy atom. The first kappa shape index (κ1) is 23.2. The van der Waals surface area contributed by atoms with Crippen LogP contribution in [0.15, 0.2) is 48.5 Å². The van der Waals surface area contributed by atoms with Crippen LogP contribution in [-0.4, -0.2) is 32.1 Å². The number of carbonyl (C=O) groups is 2. The zero-order valence-electron chi connectivity index (χ0n) is 15.2. The van der Waals surface area contributed by atoms with Crippen molar-refractivity contribution in [3.05, 3.63) is 65.2 Å². The zero-order chi connectivity index (χ0) is 21.6. The van der Waals surface area contributed by atoms with Crippen molar-refractivity contribution >= 4 is 69.7 Å². The molecule has 0 bridgehead atoms. The smallest absolute Gasteiger partial charge is 0.335 e. The van der Waals surface area contributed by atoms with Crippen LogP contribution in [0.5, 0.6) is 0 Å². The number of anilines is 1. The summed E-state index contributed by atoms with van der Waals surface area (Å²) < 4.78 is -1.87. The summed E-state index contributed by atoms with van der Waals surface area (Å²) >= 11 is 23.1. The van der Waals surface area contributed by atoms with E-state index < -0.39 is 15.9 Å². The van der Waals surface area contributed by atoms with Crippen LogP contribution < -0.4 is 16.0 Å². The van der Waals surface area contributed by atoms with Gasteiger partial charge in [-0.1, -0.05) is 64.6 Å². The lowest BCUT2D eigenvalue weighted by molar-refractivity contribution is -0.121. The SMILES string of the molecule is Cc1ccc(CC(=O)NC(NC(=S)Nc2ccc(C(=O)O)cc2)C(Cl)(Cl)Cl)cc1. The van der Waals surface area contributed by atoms with Crippen molar-refractivity contribution in [3.8, 4) is 0 Å². The number of halogens is 3. The number of alkyl halides is 3. The average Bonchev–Trinajstić information content (AvgIpc) is 2.62. The van der Waals surface area contributed by atoms with Crippen LogP contribution in [0, 0.1) is 6.92 Å². The van der Waals surface area contributed by atoms with E-state index in [0.29, 0.717) is 5.69 Å². The largest absolute Gasteiger partial charge is 0.478 e. The van der Waals surface area contributed by atoms with Gasteiger partial charge in [0.1, 0.15) is 6.17 Å². The molecule has 0 radical (unpaired) electrons. The van der Waals surface area contributed by atoms with Crippen LogP contribution in [0.3, 0.4) is 0 Å². The van der Waals surface area contributed by atoms with Gasteiger partial charge in [-0.05, 0) is 49.0 Å². The van der Waals surface area contributed by atoms with Gasteiger partial charge in [0.15, 0.2) is 5.11 Å². The topological polar surface area (TPSA) is 90.5 Å². The van der Waals surface area contributed by atoms with E-state index in [1.54, 1.807) is 0 Å². The van der Waals surface area contributed by atoms with Gasteiger partial charge in [-0.25, -0.2) is 4.79 Å². The molecule has 1 atom stereocenters. The van der Waals surface area contributed by atoms with E-state index in [4.69, 9.17) is 52.1 Å². The minimum atomic E-state index is -1.87. The molecule has 2 rings (SSSR count). The molecule has 0 saturated heterocycles. The predicted octanol–water partition coefficient (Wildman–Crippen LogP) is 4.03. The van der Waals surface area contributed by atoms with Gasteiger partial charge >= 0.3 is 5.97 Å². The number of thiocarbonyl (C=S) groups is 1. The number of carbonyl (C=O) groups excluding carboxylic acids is 1. The minimum absolute atomic E-state index is 0.0834. The lowest BCUT2D eigenvalue weighted by Crippen LogP contribution is -2.56. The third kappa shape index (κ3) is 7.70. The van der Waals surface area contributed by atoms with E-state index >= 15 is 0 Å². The molecule has 1 amide bonds. The van der Waals surface area contributed by atoms with E-state index in [9.17, 15) is 9.59 Å². The van der Waals surface area contributed by atoms with Gasteiger partial charge < -0.3 is 21.1 Å². The summed E-state index contributed by atoms with van der Waals surface area (Å²) in [5.41, 5.74) is 2.57. The maximum Gasteiger partial charge on any atom is 0.335 e. The molecule has 0 aliphatic heterocycles. The Balaban J connectivity index is 1.98. The van der Waals surface area contributed by atoms with E-state index in [1.165, 1.54) is 24.3 Å². The Morgan fingerprint density at radius 1 is 1.03 bits per heavy atom. The molecule has 29 heavy (non-hydrogen) atoms. The number of carboxylic acid groups (broad SMARTS) is 1. The lowest BCUT2D eigenvalue weighted by Gasteiger charge is -2.27. The molecular weight excluding hydrogens is 457 g/mol. The normalized spacial score (nSPS) is 12.0. The molecule has 6 nitrogen and oxygen atoms in total. The van der Waals surface area contributed by atoms with Gasteiger partial charge in [0.2, 0.25) is 9.70 Å². The third-order valence-corrected chi connectivity index (χ3v) is 4.66. The molecule has 4 N–H and O–H groups in total. The van der Waals surface area contributed by atoms with Crippen LogP contribution in [0.2, 0.25) is 0 Å². The van der Waals surface area contributed by atoms with Gasteiger partial charge in [0, 0.05) is 5.69 Å². The van der Waals surface area contributed by atoms with E-state index in [1.807, 2.05) is 31.2 Å². The number of rotatable bonds is 6. The Labute approximate surface area is 188 Å². The van der Waals surface area contributed by atoms with Gasteiger partial charge in [0.25, 0.3) is 0 Å².